The molecular formula is C25H23ClF2N7O3S-. The SMILES string of the molecule is Nc1ncc(-c2nc(N3CCOCC3)c3nc(-c4cccc(C(F)CCNS(=O)[O-])c4F)ccc3n2)cc1Cl. The Kier molecular flexibility index (Phi) is 8.23. The average molecular weight is 575 g/mol. The summed E-state index contributed by atoms with van der Waals surface area (Å²) in [4.78, 5) is 20.2. The van der Waals surface area contributed by atoms with Crippen molar-refractivity contribution >= 4 is 45.5 Å². The zero-order valence-electron chi connectivity index (χ0n) is 20.4. The van der Waals surface area contributed by atoms with E-state index < -0.39 is 23.3 Å². The second-order valence-corrected chi connectivity index (χ2v) is 9.88. The van der Waals surface area contributed by atoms with E-state index in [1.807, 2.05) is 4.90 Å². The van der Waals surface area contributed by atoms with Crippen LogP contribution in [0.3, 0.4) is 0 Å². The van der Waals surface area contributed by atoms with E-state index in [9.17, 15) is 13.2 Å². The van der Waals surface area contributed by atoms with E-state index in [2.05, 4.69) is 14.7 Å². The predicted octanol–water partition coefficient (Wildman–Crippen LogP) is 3.75. The lowest BCUT2D eigenvalue weighted by Gasteiger charge is -2.28. The molecule has 0 aliphatic carbocycles. The van der Waals surface area contributed by atoms with Gasteiger partial charge < -0.3 is 19.9 Å². The molecule has 4 heterocycles. The van der Waals surface area contributed by atoms with Crippen molar-refractivity contribution in [1.29, 1.82) is 0 Å². The van der Waals surface area contributed by atoms with Crippen molar-refractivity contribution in [3.05, 3.63) is 59.0 Å². The summed E-state index contributed by atoms with van der Waals surface area (Å²) in [6, 6.07) is 9.31. The molecule has 10 nitrogen and oxygen atoms in total. The number of halogens is 3. The number of nitrogens with one attached hydrogen (secondary N) is 1. The lowest BCUT2D eigenvalue weighted by Crippen LogP contribution is -2.37. The van der Waals surface area contributed by atoms with Crippen LogP contribution in [0.1, 0.15) is 18.2 Å². The first-order valence-electron chi connectivity index (χ1n) is 12.0. The molecule has 1 aliphatic heterocycles. The molecule has 204 valence electrons. The molecule has 0 radical (unpaired) electrons. The van der Waals surface area contributed by atoms with Gasteiger partial charge in [0.2, 0.25) is 0 Å². The molecule has 0 spiro atoms. The van der Waals surface area contributed by atoms with Gasteiger partial charge in [-0.15, -0.1) is 0 Å². The standard InChI is InChI=1S/C25H24ClF2N7O3S/c26-17-12-14(13-30-23(17)29)24-33-20-5-4-19(32-22(20)25(34-24)35-8-10-38-11-9-35)16-3-1-2-15(21(16)28)18(27)6-7-31-39(36)37/h1-5,12-13,18,31H,6-11H2,(H2,29,30)(H,36,37)/p-1. The average Bonchev–Trinajstić information content (AvgIpc) is 2.94. The Morgan fingerprint density at radius 3 is 2.74 bits per heavy atom. The molecular weight excluding hydrogens is 552 g/mol. The van der Waals surface area contributed by atoms with Crippen LogP contribution >= 0.6 is 11.6 Å². The van der Waals surface area contributed by atoms with Crippen molar-refractivity contribution in [2.24, 2.45) is 0 Å². The normalized spacial score (nSPS) is 15.4. The summed E-state index contributed by atoms with van der Waals surface area (Å²) in [5, 5.41) is 0.274. The van der Waals surface area contributed by atoms with Crippen LogP contribution in [0.5, 0.6) is 0 Å². The summed E-state index contributed by atoms with van der Waals surface area (Å²) >= 11 is 3.65. The second-order valence-electron chi connectivity index (χ2n) is 8.72. The van der Waals surface area contributed by atoms with Gasteiger partial charge in [-0.1, -0.05) is 23.7 Å². The maximum Gasteiger partial charge on any atom is 0.163 e. The highest BCUT2D eigenvalue weighted by Gasteiger charge is 2.22. The van der Waals surface area contributed by atoms with Gasteiger partial charge in [0.15, 0.2) is 11.6 Å². The van der Waals surface area contributed by atoms with Gasteiger partial charge in [0.1, 0.15) is 23.3 Å². The highest BCUT2D eigenvalue weighted by molar-refractivity contribution is 7.77. The first kappa shape index (κ1) is 27.2. The first-order valence-corrected chi connectivity index (χ1v) is 13.5. The molecule has 2 unspecified atom stereocenters. The van der Waals surface area contributed by atoms with E-state index in [0.29, 0.717) is 54.5 Å². The minimum absolute atomic E-state index is 0.101. The zero-order valence-corrected chi connectivity index (χ0v) is 22.0. The fraction of sp³-hybridized carbons (Fsp3) is 0.280. The minimum atomic E-state index is -2.52. The van der Waals surface area contributed by atoms with Crippen molar-refractivity contribution in [1.82, 2.24) is 24.7 Å². The van der Waals surface area contributed by atoms with Gasteiger partial charge in [-0.2, -0.15) is 0 Å². The Morgan fingerprint density at radius 2 is 2.00 bits per heavy atom. The van der Waals surface area contributed by atoms with Crippen molar-refractivity contribution in [3.8, 4) is 22.6 Å². The molecule has 0 saturated carbocycles. The molecule has 1 saturated heterocycles. The minimum Gasteiger partial charge on any atom is -0.760 e. The number of hydrogen-bond acceptors (Lipinski definition) is 9. The number of fused-ring (bicyclic) bond motifs is 1. The Morgan fingerprint density at radius 1 is 1.21 bits per heavy atom. The van der Waals surface area contributed by atoms with Crippen LogP contribution in [-0.4, -0.2) is 61.5 Å². The number of ether oxygens (including phenoxy) is 1. The zero-order chi connectivity index (χ0) is 27.5. The Balaban J connectivity index is 1.57. The number of hydrogen-bond donors (Lipinski definition) is 2. The van der Waals surface area contributed by atoms with E-state index >= 15 is 4.39 Å². The summed E-state index contributed by atoms with van der Waals surface area (Å²) in [6.45, 7) is 1.96. The van der Waals surface area contributed by atoms with E-state index in [4.69, 9.17) is 32.0 Å². The van der Waals surface area contributed by atoms with Crippen LogP contribution in [-0.2, 0) is 16.0 Å². The largest absolute Gasteiger partial charge is 0.760 e. The molecule has 1 aliphatic rings. The van der Waals surface area contributed by atoms with Gasteiger partial charge in [0.05, 0.1) is 29.4 Å². The van der Waals surface area contributed by atoms with Gasteiger partial charge in [-0.3, -0.25) is 4.21 Å². The van der Waals surface area contributed by atoms with Gasteiger partial charge in [-0.05, 0) is 30.7 Å². The summed E-state index contributed by atoms with van der Waals surface area (Å²) in [6.07, 6.45) is -0.399. The smallest absolute Gasteiger partial charge is 0.163 e. The number of alkyl halides is 1. The summed E-state index contributed by atoms with van der Waals surface area (Å²) in [5.41, 5.74) is 7.47. The van der Waals surface area contributed by atoms with Crippen molar-refractivity contribution in [2.75, 3.05) is 43.5 Å². The van der Waals surface area contributed by atoms with E-state index in [1.165, 1.54) is 24.4 Å². The molecule has 2 atom stereocenters. The number of pyridine rings is 2. The van der Waals surface area contributed by atoms with E-state index in [-0.39, 0.29) is 40.6 Å². The van der Waals surface area contributed by atoms with Crippen molar-refractivity contribution in [2.45, 2.75) is 12.6 Å². The topological polar surface area (TPSA) is 142 Å². The molecule has 14 heteroatoms. The maximum atomic E-state index is 15.5. The molecule has 1 aromatic carbocycles. The molecule has 0 amide bonds. The third-order valence-electron chi connectivity index (χ3n) is 6.22. The van der Waals surface area contributed by atoms with Gasteiger partial charge >= 0.3 is 0 Å². The Hall–Kier alpha value is -3.36. The molecule has 5 rings (SSSR count). The lowest BCUT2D eigenvalue weighted by molar-refractivity contribution is 0.122. The number of nitrogens with two attached hydrogens (primary N) is 1. The van der Waals surface area contributed by atoms with Crippen LogP contribution in [0.4, 0.5) is 20.4 Å². The molecule has 1 fully saturated rings. The Bertz CT molecular complexity index is 1540. The highest BCUT2D eigenvalue weighted by Crippen LogP contribution is 2.34. The summed E-state index contributed by atoms with van der Waals surface area (Å²) in [7, 11) is 0. The molecule has 3 N–H and O–H groups in total. The fourth-order valence-electron chi connectivity index (χ4n) is 4.26. The Labute approximate surface area is 230 Å². The number of morpholine rings is 1. The van der Waals surface area contributed by atoms with Gasteiger partial charge in [0.25, 0.3) is 0 Å². The van der Waals surface area contributed by atoms with Crippen molar-refractivity contribution < 1.29 is 22.3 Å². The number of nitrogens with zero attached hydrogens (tertiary/aromatic N) is 5. The third kappa shape index (κ3) is 5.97. The van der Waals surface area contributed by atoms with Crippen LogP contribution in [0, 0.1) is 5.82 Å². The first-order chi connectivity index (χ1) is 18.8. The quantitative estimate of drug-likeness (QED) is 0.301. The molecule has 39 heavy (non-hydrogen) atoms. The second kappa shape index (κ2) is 11.8. The predicted molar refractivity (Wildman–Crippen MR) is 144 cm³/mol. The van der Waals surface area contributed by atoms with Gasteiger partial charge in [-0.25, -0.2) is 33.4 Å². The monoisotopic (exact) mass is 574 g/mol. The summed E-state index contributed by atoms with van der Waals surface area (Å²) in [5.74, 6) is 0.323. The maximum absolute atomic E-state index is 15.5. The summed E-state index contributed by atoms with van der Waals surface area (Å²) < 4.78 is 59.2. The van der Waals surface area contributed by atoms with Crippen LogP contribution in [0.25, 0.3) is 33.7 Å². The molecule has 4 aromatic rings. The third-order valence-corrected chi connectivity index (χ3v) is 6.96. The number of rotatable bonds is 8. The fourth-order valence-corrected chi connectivity index (χ4v) is 4.71. The van der Waals surface area contributed by atoms with E-state index in [1.54, 1.807) is 18.2 Å². The number of nitrogen functional groups attached to an aromatic ring is 1. The van der Waals surface area contributed by atoms with Crippen LogP contribution in [0.2, 0.25) is 5.02 Å². The number of benzene rings is 1. The lowest BCUT2D eigenvalue weighted by atomic mass is 10.0. The van der Waals surface area contributed by atoms with E-state index in [0.717, 1.165) is 0 Å². The number of aromatic nitrogens is 4. The molecule has 3 aromatic heterocycles. The molecule has 0 bridgehead atoms. The van der Waals surface area contributed by atoms with Crippen molar-refractivity contribution in [3.63, 3.8) is 0 Å². The highest BCUT2D eigenvalue weighted by atomic mass is 35.5. The van der Waals surface area contributed by atoms with Crippen LogP contribution < -0.4 is 15.4 Å². The number of anilines is 2. The van der Waals surface area contributed by atoms with Crippen LogP contribution in [0.15, 0.2) is 42.6 Å². The van der Waals surface area contributed by atoms with Gasteiger partial charge in [0, 0.05) is 53.8 Å².